The van der Waals surface area contributed by atoms with Crippen molar-refractivity contribution in [1.29, 1.82) is 0 Å². The number of hydrogen-bond donors (Lipinski definition) is 1. The van der Waals surface area contributed by atoms with Crippen LogP contribution in [-0.4, -0.2) is 50.1 Å². The number of tetrazole rings is 1. The van der Waals surface area contributed by atoms with Gasteiger partial charge < -0.3 is 5.32 Å². The third kappa shape index (κ3) is 6.35. The second-order valence-electron chi connectivity index (χ2n) is 8.09. The normalized spacial score (nSPS) is 16.2. The van der Waals surface area contributed by atoms with Gasteiger partial charge in [0.1, 0.15) is 6.33 Å². The van der Waals surface area contributed by atoms with Crippen LogP contribution in [0.1, 0.15) is 36.3 Å². The van der Waals surface area contributed by atoms with E-state index in [9.17, 15) is 4.79 Å². The molecule has 1 fully saturated rings. The van der Waals surface area contributed by atoms with E-state index in [4.69, 9.17) is 11.6 Å². The molecule has 2 aromatic carbocycles. The van der Waals surface area contributed by atoms with Crippen LogP contribution in [0.15, 0.2) is 60.9 Å². The smallest absolute Gasteiger partial charge is 0.220 e. The number of piperidine rings is 1. The van der Waals surface area contributed by atoms with E-state index in [1.165, 1.54) is 5.56 Å². The summed E-state index contributed by atoms with van der Waals surface area (Å²) in [6, 6.07) is 18.4. The Hall–Kier alpha value is -2.77. The number of nitrogens with zero attached hydrogens (tertiary/aromatic N) is 5. The Labute approximate surface area is 187 Å². The highest BCUT2D eigenvalue weighted by Gasteiger charge is 2.23. The number of nitrogens with one attached hydrogen (secondary N) is 1. The van der Waals surface area contributed by atoms with Gasteiger partial charge in [-0.05, 0) is 46.5 Å². The molecule has 3 aromatic rings. The topological polar surface area (TPSA) is 75.9 Å². The van der Waals surface area contributed by atoms with Crippen molar-refractivity contribution in [1.82, 2.24) is 30.4 Å². The summed E-state index contributed by atoms with van der Waals surface area (Å²) in [4.78, 5) is 15.3. The van der Waals surface area contributed by atoms with Crippen molar-refractivity contribution in [2.24, 2.45) is 0 Å². The first-order chi connectivity index (χ1) is 15.2. The maximum Gasteiger partial charge on any atom is 0.220 e. The molecule has 0 saturated carbocycles. The molecule has 1 aliphatic rings. The minimum Gasteiger partial charge on any atom is -0.353 e. The zero-order valence-electron chi connectivity index (χ0n) is 17.4. The summed E-state index contributed by atoms with van der Waals surface area (Å²) in [7, 11) is 0. The Bertz CT molecular complexity index is 940. The van der Waals surface area contributed by atoms with E-state index >= 15 is 0 Å². The van der Waals surface area contributed by atoms with E-state index in [0.717, 1.165) is 38.0 Å². The molecule has 7 nitrogen and oxygen atoms in total. The first-order valence-corrected chi connectivity index (χ1v) is 11.1. The quantitative estimate of drug-likeness (QED) is 0.584. The lowest BCUT2D eigenvalue weighted by Gasteiger charge is -2.32. The molecule has 1 atom stereocenters. The highest BCUT2D eigenvalue weighted by Crippen LogP contribution is 2.24. The third-order valence-corrected chi connectivity index (χ3v) is 6.03. The van der Waals surface area contributed by atoms with Gasteiger partial charge in [0.2, 0.25) is 5.91 Å². The van der Waals surface area contributed by atoms with E-state index in [0.29, 0.717) is 18.0 Å². The maximum atomic E-state index is 12.9. The Morgan fingerprint density at radius 3 is 2.52 bits per heavy atom. The summed E-state index contributed by atoms with van der Waals surface area (Å²) in [5.41, 5.74) is 2.38. The monoisotopic (exact) mass is 438 g/mol. The predicted octanol–water partition coefficient (Wildman–Crippen LogP) is 3.28. The number of carbonyl (C=O) groups is 1. The molecule has 1 N–H and O–H groups in total. The molecule has 0 aliphatic carbocycles. The third-order valence-electron chi connectivity index (χ3n) is 5.77. The van der Waals surface area contributed by atoms with Crippen LogP contribution >= 0.6 is 11.6 Å². The summed E-state index contributed by atoms with van der Waals surface area (Å²) in [6.45, 7) is 3.49. The van der Waals surface area contributed by atoms with Crippen LogP contribution in [0.25, 0.3) is 0 Å². The molecule has 31 heavy (non-hydrogen) atoms. The van der Waals surface area contributed by atoms with Gasteiger partial charge in [-0.25, -0.2) is 4.68 Å². The van der Waals surface area contributed by atoms with Crippen LogP contribution in [0.2, 0.25) is 5.02 Å². The summed E-state index contributed by atoms with van der Waals surface area (Å²) in [5, 5.41) is 15.3. The summed E-state index contributed by atoms with van der Waals surface area (Å²) in [5.74, 6) is 0.0356. The molecule has 0 unspecified atom stereocenters. The van der Waals surface area contributed by atoms with Gasteiger partial charge >= 0.3 is 0 Å². The van der Waals surface area contributed by atoms with E-state index in [1.807, 2.05) is 30.3 Å². The van der Waals surface area contributed by atoms with Crippen LogP contribution in [-0.2, 0) is 17.9 Å². The Morgan fingerprint density at radius 2 is 1.84 bits per heavy atom. The summed E-state index contributed by atoms with van der Waals surface area (Å²) >= 11 is 6.04. The number of carbonyl (C=O) groups excluding carboxylic acids is 1. The fourth-order valence-corrected chi connectivity index (χ4v) is 4.23. The molecule has 1 saturated heterocycles. The average Bonchev–Trinajstić information content (AvgIpc) is 3.29. The molecule has 162 valence electrons. The van der Waals surface area contributed by atoms with Crippen molar-refractivity contribution in [2.45, 2.75) is 44.3 Å². The molecule has 2 heterocycles. The number of likely N-dealkylation sites (tertiary alicyclic amines) is 1. The zero-order valence-corrected chi connectivity index (χ0v) is 18.2. The number of aromatic nitrogens is 4. The van der Waals surface area contributed by atoms with Gasteiger partial charge in [-0.15, -0.1) is 5.10 Å². The van der Waals surface area contributed by atoms with E-state index in [2.05, 4.69) is 50.0 Å². The molecule has 1 aromatic heterocycles. The van der Waals surface area contributed by atoms with Gasteiger partial charge in [-0.3, -0.25) is 9.69 Å². The van der Waals surface area contributed by atoms with E-state index in [1.54, 1.807) is 11.0 Å². The van der Waals surface area contributed by atoms with Crippen LogP contribution in [0.4, 0.5) is 0 Å². The van der Waals surface area contributed by atoms with Crippen molar-refractivity contribution in [3.63, 3.8) is 0 Å². The van der Waals surface area contributed by atoms with Gasteiger partial charge in [0, 0.05) is 43.0 Å². The van der Waals surface area contributed by atoms with E-state index < -0.39 is 0 Å². The van der Waals surface area contributed by atoms with Gasteiger partial charge in [0.15, 0.2) is 0 Å². The van der Waals surface area contributed by atoms with Crippen molar-refractivity contribution in [3.05, 3.63) is 77.1 Å². The Balaban J connectivity index is 1.30. The fourth-order valence-electron chi connectivity index (χ4n) is 4.10. The van der Waals surface area contributed by atoms with Crippen LogP contribution in [0, 0.1) is 0 Å². The highest BCUT2D eigenvalue weighted by molar-refractivity contribution is 6.30. The minimum absolute atomic E-state index is 0.0288. The Kier molecular flexibility index (Phi) is 7.27. The molecule has 1 aliphatic heterocycles. The SMILES string of the molecule is O=C(C[C@@H](Cn1cnnn1)c1ccc(Cl)cc1)NC1CCN(Cc2ccccc2)CC1. The molecule has 0 bridgehead atoms. The van der Waals surface area contributed by atoms with Crippen molar-refractivity contribution < 1.29 is 4.79 Å². The van der Waals surface area contributed by atoms with Crippen molar-refractivity contribution in [2.75, 3.05) is 13.1 Å². The molecule has 4 rings (SSSR count). The lowest BCUT2D eigenvalue weighted by Crippen LogP contribution is -2.44. The van der Waals surface area contributed by atoms with Crippen LogP contribution in [0.3, 0.4) is 0 Å². The second kappa shape index (κ2) is 10.5. The van der Waals surface area contributed by atoms with Crippen LogP contribution < -0.4 is 5.32 Å². The largest absolute Gasteiger partial charge is 0.353 e. The zero-order chi connectivity index (χ0) is 21.5. The first kappa shape index (κ1) is 21.5. The maximum absolute atomic E-state index is 12.9. The standard InChI is InChI=1S/C23H27ClN6O/c24-21-8-6-19(7-9-21)20(16-30-17-25-27-28-30)14-23(31)26-22-10-12-29(13-11-22)15-18-4-2-1-3-5-18/h1-9,17,20,22H,10-16H2,(H,26,31)/t20-/m0/s1. The number of hydrogen-bond acceptors (Lipinski definition) is 5. The second-order valence-corrected chi connectivity index (χ2v) is 8.52. The minimum atomic E-state index is -0.0288. The molecular weight excluding hydrogens is 412 g/mol. The molecule has 0 spiro atoms. The number of rotatable bonds is 8. The summed E-state index contributed by atoms with van der Waals surface area (Å²) in [6.07, 6.45) is 3.89. The lowest BCUT2D eigenvalue weighted by atomic mass is 9.94. The molecule has 8 heteroatoms. The Morgan fingerprint density at radius 1 is 1.10 bits per heavy atom. The van der Waals surface area contributed by atoms with Gasteiger partial charge in [0.05, 0.1) is 6.54 Å². The predicted molar refractivity (Wildman–Crippen MR) is 120 cm³/mol. The van der Waals surface area contributed by atoms with Gasteiger partial charge in [-0.2, -0.15) is 0 Å². The fraction of sp³-hybridized carbons (Fsp3) is 0.391. The number of amides is 1. The number of benzene rings is 2. The van der Waals surface area contributed by atoms with Crippen molar-refractivity contribution in [3.8, 4) is 0 Å². The first-order valence-electron chi connectivity index (χ1n) is 10.7. The highest BCUT2D eigenvalue weighted by atomic mass is 35.5. The molecule has 0 radical (unpaired) electrons. The van der Waals surface area contributed by atoms with E-state index in [-0.39, 0.29) is 17.9 Å². The van der Waals surface area contributed by atoms with Crippen LogP contribution in [0.5, 0.6) is 0 Å². The molecular formula is C23H27ClN6O. The molecule has 1 amide bonds. The van der Waals surface area contributed by atoms with Crippen molar-refractivity contribution >= 4 is 17.5 Å². The number of halogens is 1. The average molecular weight is 439 g/mol. The van der Waals surface area contributed by atoms with Gasteiger partial charge in [0.25, 0.3) is 0 Å². The lowest BCUT2D eigenvalue weighted by molar-refractivity contribution is -0.122. The van der Waals surface area contributed by atoms with Gasteiger partial charge in [-0.1, -0.05) is 54.1 Å². The summed E-state index contributed by atoms with van der Waals surface area (Å²) < 4.78 is 1.66.